The maximum absolute atomic E-state index is 4.59. The number of hydrogen-bond acceptors (Lipinski definition) is 2. The Labute approximate surface area is 230 Å². The molecular weight excluding hydrogens is 472 g/mol. The minimum Gasteiger partial charge on any atom is -0.317 e. The van der Waals surface area contributed by atoms with Crippen molar-refractivity contribution in [1.82, 2.24) is 0 Å². The summed E-state index contributed by atoms with van der Waals surface area (Å²) in [5, 5.41) is 0. The Hall–Kier alpha value is -5.08. The summed E-state index contributed by atoms with van der Waals surface area (Å²) in [6, 6.07) is 45.2. The first-order chi connectivity index (χ1) is 19.3. The minimum atomic E-state index is 0.886. The summed E-state index contributed by atoms with van der Waals surface area (Å²) in [4.78, 5) is 4.57. The normalized spacial score (nSPS) is 15.7. The highest BCUT2D eigenvalue weighted by molar-refractivity contribution is 5.98. The highest BCUT2D eigenvalue weighted by atomic mass is 15.1. The number of fused-ring (bicyclic) bond motifs is 3. The molecule has 0 N–H and O–H groups in total. The van der Waals surface area contributed by atoms with E-state index in [1.54, 1.807) is 0 Å². The molecule has 1 heterocycles. The van der Waals surface area contributed by atoms with E-state index in [2.05, 4.69) is 162 Å². The van der Waals surface area contributed by atoms with Gasteiger partial charge in [0.05, 0.1) is 5.69 Å². The number of nitrogens with zero attached hydrogens (tertiary/aromatic N) is 2. The predicted octanol–water partition coefficient (Wildman–Crippen LogP) is 9.98. The van der Waals surface area contributed by atoms with Crippen LogP contribution in [0, 0.1) is 0 Å². The summed E-state index contributed by atoms with van der Waals surface area (Å²) in [5.74, 6) is 0. The van der Waals surface area contributed by atoms with E-state index in [0.29, 0.717) is 0 Å². The van der Waals surface area contributed by atoms with Crippen LogP contribution in [0.15, 0.2) is 158 Å². The van der Waals surface area contributed by atoms with Gasteiger partial charge in [-0.3, -0.25) is 0 Å². The SMILES string of the molecule is C=C1/C2=C\C=C/N(c3ccc(N(c4ccccc4)c4ccccc4)cc3)c3cccc(c31)-c1ccccc1C2. The van der Waals surface area contributed by atoms with Crippen molar-refractivity contribution >= 4 is 34.0 Å². The molecule has 1 aliphatic heterocycles. The van der Waals surface area contributed by atoms with E-state index in [4.69, 9.17) is 0 Å². The molecule has 0 atom stereocenters. The molecule has 0 unspecified atom stereocenters. The zero-order valence-electron chi connectivity index (χ0n) is 21.7. The van der Waals surface area contributed by atoms with Gasteiger partial charge in [-0.15, -0.1) is 0 Å². The van der Waals surface area contributed by atoms with Crippen molar-refractivity contribution in [2.75, 3.05) is 9.80 Å². The largest absolute Gasteiger partial charge is 0.317 e. The first-order valence-corrected chi connectivity index (χ1v) is 13.4. The van der Waals surface area contributed by atoms with E-state index in [9.17, 15) is 0 Å². The van der Waals surface area contributed by atoms with Crippen LogP contribution < -0.4 is 9.80 Å². The molecule has 2 nitrogen and oxygen atoms in total. The highest BCUT2D eigenvalue weighted by Crippen LogP contribution is 2.46. The Morgan fingerprint density at radius 1 is 0.590 bits per heavy atom. The lowest BCUT2D eigenvalue weighted by molar-refractivity contribution is 1.21. The first kappa shape index (κ1) is 23.1. The summed E-state index contributed by atoms with van der Waals surface area (Å²) >= 11 is 0. The van der Waals surface area contributed by atoms with Crippen molar-refractivity contribution in [2.45, 2.75) is 6.42 Å². The lowest BCUT2D eigenvalue weighted by Crippen LogP contribution is -2.13. The Balaban J connectivity index is 1.34. The Bertz CT molecular complexity index is 1690. The minimum absolute atomic E-state index is 0.886. The van der Waals surface area contributed by atoms with Crippen molar-refractivity contribution in [3.8, 4) is 11.1 Å². The molecule has 2 bridgehead atoms. The zero-order chi connectivity index (χ0) is 26.2. The van der Waals surface area contributed by atoms with Crippen molar-refractivity contribution in [1.29, 1.82) is 0 Å². The number of hydrogen-bond donors (Lipinski definition) is 0. The van der Waals surface area contributed by atoms with Crippen molar-refractivity contribution in [3.05, 3.63) is 169 Å². The van der Waals surface area contributed by atoms with E-state index in [-0.39, 0.29) is 0 Å². The van der Waals surface area contributed by atoms with E-state index in [1.165, 1.54) is 27.8 Å². The fraction of sp³-hybridized carbons (Fsp3) is 0.0270. The van der Waals surface area contributed by atoms with Crippen LogP contribution >= 0.6 is 0 Å². The molecule has 0 saturated carbocycles. The van der Waals surface area contributed by atoms with E-state index < -0.39 is 0 Å². The van der Waals surface area contributed by atoms with Crippen LogP contribution in [-0.2, 0) is 6.42 Å². The summed E-state index contributed by atoms with van der Waals surface area (Å²) < 4.78 is 0. The molecule has 0 spiro atoms. The Kier molecular flexibility index (Phi) is 5.71. The van der Waals surface area contributed by atoms with Gasteiger partial charge in [0.25, 0.3) is 0 Å². The van der Waals surface area contributed by atoms with Gasteiger partial charge in [-0.25, -0.2) is 0 Å². The van der Waals surface area contributed by atoms with Gasteiger partial charge in [0.1, 0.15) is 0 Å². The molecular formula is C37H28N2. The number of benzene rings is 5. The third-order valence-electron chi connectivity index (χ3n) is 7.63. The summed E-state index contributed by atoms with van der Waals surface area (Å²) in [5.41, 5.74) is 13.1. The number of anilines is 5. The van der Waals surface area contributed by atoms with Crippen LogP contribution in [0.4, 0.5) is 28.4 Å². The van der Waals surface area contributed by atoms with Gasteiger partial charge >= 0.3 is 0 Å². The second-order valence-corrected chi connectivity index (χ2v) is 9.94. The first-order valence-electron chi connectivity index (χ1n) is 13.4. The van der Waals surface area contributed by atoms with Crippen molar-refractivity contribution < 1.29 is 0 Å². The van der Waals surface area contributed by atoms with Crippen molar-refractivity contribution in [2.24, 2.45) is 0 Å². The van der Waals surface area contributed by atoms with Crippen LogP contribution in [0.2, 0.25) is 0 Å². The van der Waals surface area contributed by atoms with Gasteiger partial charge in [0.15, 0.2) is 0 Å². The summed E-state index contributed by atoms with van der Waals surface area (Å²) in [6.07, 6.45) is 7.43. The number of rotatable bonds is 4. The maximum Gasteiger partial charge on any atom is 0.0540 e. The fourth-order valence-corrected chi connectivity index (χ4v) is 5.77. The molecule has 0 radical (unpaired) electrons. The van der Waals surface area contributed by atoms with E-state index in [1.807, 2.05) is 0 Å². The molecule has 0 fully saturated rings. The predicted molar refractivity (Wildman–Crippen MR) is 165 cm³/mol. The van der Waals surface area contributed by atoms with Crippen LogP contribution in [0.25, 0.3) is 16.7 Å². The van der Waals surface area contributed by atoms with Crippen LogP contribution in [0.1, 0.15) is 11.1 Å². The molecule has 186 valence electrons. The van der Waals surface area contributed by atoms with Gasteiger partial charge < -0.3 is 9.80 Å². The van der Waals surface area contributed by atoms with Crippen LogP contribution in [-0.4, -0.2) is 0 Å². The van der Waals surface area contributed by atoms with Crippen molar-refractivity contribution in [3.63, 3.8) is 0 Å². The summed E-state index contributed by atoms with van der Waals surface area (Å²) in [7, 11) is 0. The van der Waals surface area contributed by atoms with Gasteiger partial charge in [-0.05, 0) is 94.9 Å². The van der Waals surface area contributed by atoms with Crippen LogP contribution in [0.5, 0.6) is 0 Å². The molecule has 5 aromatic rings. The molecule has 7 rings (SSSR count). The van der Waals surface area contributed by atoms with Gasteiger partial charge in [0.2, 0.25) is 0 Å². The average molecular weight is 501 g/mol. The third-order valence-corrected chi connectivity index (χ3v) is 7.63. The Morgan fingerprint density at radius 2 is 1.21 bits per heavy atom. The van der Waals surface area contributed by atoms with Gasteiger partial charge in [-0.1, -0.05) is 85.5 Å². The summed E-state index contributed by atoms with van der Waals surface area (Å²) in [6.45, 7) is 4.59. The molecule has 39 heavy (non-hydrogen) atoms. The fourth-order valence-electron chi connectivity index (χ4n) is 5.77. The molecule has 0 saturated heterocycles. The second-order valence-electron chi connectivity index (χ2n) is 9.94. The highest BCUT2D eigenvalue weighted by Gasteiger charge is 2.25. The zero-order valence-corrected chi connectivity index (χ0v) is 21.7. The number of para-hydroxylation sites is 2. The van der Waals surface area contributed by atoms with Crippen LogP contribution in [0.3, 0.4) is 0 Å². The molecule has 1 aliphatic carbocycles. The van der Waals surface area contributed by atoms with Gasteiger partial charge in [0, 0.05) is 34.5 Å². The molecule has 0 amide bonds. The second kappa shape index (κ2) is 9.66. The smallest absolute Gasteiger partial charge is 0.0540 e. The third kappa shape index (κ3) is 4.07. The molecule has 5 aromatic carbocycles. The topological polar surface area (TPSA) is 6.48 Å². The Morgan fingerprint density at radius 3 is 1.92 bits per heavy atom. The molecule has 2 aliphatic rings. The van der Waals surface area contributed by atoms with E-state index >= 15 is 0 Å². The molecule has 2 heteroatoms. The molecule has 0 aromatic heterocycles. The van der Waals surface area contributed by atoms with Gasteiger partial charge in [-0.2, -0.15) is 0 Å². The van der Waals surface area contributed by atoms with E-state index in [0.717, 1.165) is 40.4 Å². The lowest BCUT2D eigenvalue weighted by atomic mass is 9.91. The number of allylic oxidation sites excluding steroid dienone is 4. The standard InChI is InChI=1S/C37H28N2/c1-27-28-13-11-25-38(36-20-10-19-35(37(27)36)34-18-9-8-12-29(34)26-28)30-21-23-33(24-22-30)39(31-14-4-2-5-15-31)32-16-6-3-7-17-32/h2-25H,1,26H2/b25-11-,28-13-. The average Bonchev–Trinajstić information content (AvgIpc) is 3.12. The quantitative estimate of drug-likeness (QED) is 0.242. The monoisotopic (exact) mass is 500 g/mol. The lowest BCUT2D eigenvalue weighted by Gasteiger charge is -2.29. The maximum atomic E-state index is 4.59.